The fraction of sp³-hybridized carbons (Fsp3) is 1.00. The van der Waals surface area contributed by atoms with E-state index >= 15 is 0 Å². The monoisotopic (exact) mass is 142 g/mol. The van der Waals surface area contributed by atoms with Crippen LogP contribution < -0.4 is 29.6 Å². The van der Waals surface area contributed by atoms with Crippen molar-refractivity contribution in [3.8, 4) is 0 Å². The van der Waals surface area contributed by atoms with E-state index in [0.29, 0.717) is 0 Å². The molecule has 0 spiro atoms. The van der Waals surface area contributed by atoms with E-state index in [2.05, 4.69) is 0 Å². The van der Waals surface area contributed by atoms with Gasteiger partial charge >= 0.3 is 29.6 Å². The molecule has 0 aromatic carbocycles. The summed E-state index contributed by atoms with van der Waals surface area (Å²) in [6, 6.07) is 0. The van der Waals surface area contributed by atoms with Gasteiger partial charge in [0.2, 0.25) is 0 Å². The van der Waals surface area contributed by atoms with Gasteiger partial charge in [-0.1, -0.05) is 34.8 Å². The van der Waals surface area contributed by atoms with Gasteiger partial charge in [-0.3, -0.25) is 0 Å². The van der Waals surface area contributed by atoms with Crippen molar-refractivity contribution in [3.63, 3.8) is 0 Å². The summed E-state index contributed by atoms with van der Waals surface area (Å²) < 4.78 is -0.750. The van der Waals surface area contributed by atoms with E-state index in [1.807, 2.05) is 0 Å². The SMILES string of the molecule is ClC(Cl)Cl.[H-].[Na+]. The van der Waals surface area contributed by atoms with Gasteiger partial charge in [0.25, 0.3) is 0 Å². The van der Waals surface area contributed by atoms with Crippen molar-refractivity contribution in [2.24, 2.45) is 0 Å². The number of hydrogen-bond acceptors (Lipinski definition) is 0. The molecule has 0 aliphatic heterocycles. The van der Waals surface area contributed by atoms with Crippen LogP contribution in [-0.4, -0.2) is 4.30 Å². The van der Waals surface area contributed by atoms with E-state index in [1.165, 1.54) is 0 Å². The molecule has 0 aromatic rings. The van der Waals surface area contributed by atoms with Gasteiger partial charge in [-0.25, -0.2) is 0 Å². The van der Waals surface area contributed by atoms with Crippen LogP contribution in [0.1, 0.15) is 1.43 Å². The first-order valence-corrected chi connectivity index (χ1v) is 1.96. The van der Waals surface area contributed by atoms with Gasteiger partial charge in [0.05, 0.1) is 0 Å². The minimum Gasteiger partial charge on any atom is -1.00 e. The van der Waals surface area contributed by atoms with Crippen molar-refractivity contribution in [3.05, 3.63) is 0 Å². The van der Waals surface area contributed by atoms with Crippen molar-refractivity contribution >= 4 is 34.8 Å². The van der Waals surface area contributed by atoms with E-state index in [0.717, 1.165) is 0 Å². The molecule has 4 heteroatoms. The molecule has 0 aromatic heterocycles. The molecule has 0 unspecified atom stereocenters. The summed E-state index contributed by atoms with van der Waals surface area (Å²) in [6.07, 6.45) is 0. The maximum atomic E-state index is 4.81. The molecule has 0 saturated heterocycles. The summed E-state index contributed by atoms with van der Waals surface area (Å²) in [4.78, 5) is 0. The first kappa shape index (κ1) is 9.98. The van der Waals surface area contributed by atoms with Crippen LogP contribution in [0.15, 0.2) is 0 Å². The first-order chi connectivity index (χ1) is 1.73. The molecule has 0 radical (unpaired) electrons. The zero-order chi connectivity index (χ0) is 3.58. The van der Waals surface area contributed by atoms with Crippen LogP contribution in [0.25, 0.3) is 0 Å². The summed E-state index contributed by atoms with van der Waals surface area (Å²) in [6.45, 7) is 0. The summed E-state index contributed by atoms with van der Waals surface area (Å²) in [5.74, 6) is 0. The Bertz CT molecular complexity index is 15.5. The molecular weight excluding hydrogens is 141 g/mol. The van der Waals surface area contributed by atoms with Crippen LogP contribution in [0, 0.1) is 0 Å². The molecule has 0 aliphatic rings. The zero-order valence-corrected chi connectivity index (χ0v) is 6.98. The number of halogens is 3. The second kappa shape index (κ2) is 5.87. The predicted molar refractivity (Wildman–Crippen MR) is 22.5 cm³/mol. The van der Waals surface area contributed by atoms with E-state index in [1.54, 1.807) is 0 Å². The van der Waals surface area contributed by atoms with Gasteiger partial charge in [0.15, 0.2) is 4.30 Å². The van der Waals surface area contributed by atoms with Crippen molar-refractivity contribution in [1.82, 2.24) is 0 Å². The van der Waals surface area contributed by atoms with Crippen LogP contribution in [-0.2, 0) is 0 Å². The fourth-order valence-corrected chi connectivity index (χ4v) is 0. The maximum Gasteiger partial charge on any atom is 1.00 e. The van der Waals surface area contributed by atoms with Crippen molar-refractivity contribution < 1.29 is 31.0 Å². The van der Waals surface area contributed by atoms with Gasteiger partial charge in [-0.15, -0.1) is 0 Å². The van der Waals surface area contributed by atoms with E-state index < -0.39 is 4.30 Å². The Labute approximate surface area is 69.5 Å². The van der Waals surface area contributed by atoms with Gasteiger partial charge in [-0.05, 0) is 0 Å². The summed E-state index contributed by atoms with van der Waals surface area (Å²) >= 11 is 14.4. The number of hydrogen-bond donors (Lipinski definition) is 0. The average molecular weight is 143 g/mol. The van der Waals surface area contributed by atoms with Crippen LogP contribution >= 0.6 is 34.8 Å². The Morgan fingerprint density at radius 1 is 1.20 bits per heavy atom. The Balaban J connectivity index is -0.0000000450. The third-order valence-electron chi connectivity index (χ3n) is 0. The quantitative estimate of drug-likeness (QED) is 0.305. The largest absolute Gasteiger partial charge is 1.00 e. The topological polar surface area (TPSA) is 0 Å². The number of alkyl halides is 3. The second-order valence-electron chi connectivity index (χ2n) is 0.247. The van der Waals surface area contributed by atoms with E-state index in [-0.39, 0.29) is 31.0 Å². The number of rotatable bonds is 0. The average Bonchev–Trinajstić information content (AvgIpc) is 0.811. The first-order valence-electron chi connectivity index (χ1n) is 0.655. The van der Waals surface area contributed by atoms with Crippen molar-refractivity contribution in [1.29, 1.82) is 0 Å². The zero-order valence-electron chi connectivity index (χ0n) is 3.71. The Kier molecular flexibility index (Phi) is 11.7. The van der Waals surface area contributed by atoms with E-state index in [4.69, 9.17) is 34.8 Å². The maximum absolute atomic E-state index is 4.81. The second-order valence-corrected chi connectivity index (χ2v) is 2.23. The predicted octanol–water partition coefficient (Wildman–Crippen LogP) is -0.897. The van der Waals surface area contributed by atoms with Gasteiger partial charge in [0.1, 0.15) is 0 Å². The minimum absolute atomic E-state index is 0. The molecule has 0 fully saturated rings. The van der Waals surface area contributed by atoms with Gasteiger partial charge in [-0.2, -0.15) is 0 Å². The molecule has 0 atom stereocenters. The smallest absolute Gasteiger partial charge is 1.00 e. The molecule has 0 nitrogen and oxygen atoms in total. The molecular formula is CH2Cl3Na. The Morgan fingerprint density at radius 3 is 1.20 bits per heavy atom. The van der Waals surface area contributed by atoms with Gasteiger partial charge in [0, 0.05) is 0 Å². The normalized spacial score (nSPS) is 7.20. The molecule has 0 N–H and O–H groups in total. The molecule has 0 rings (SSSR count). The molecule has 0 heterocycles. The summed E-state index contributed by atoms with van der Waals surface area (Å²) in [5, 5.41) is 0. The van der Waals surface area contributed by atoms with Crippen molar-refractivity contribution in [2.45, 2.75) is 4.30 Å². The minimum atomic E-state index is -0.750. The molecule has 0 bridgehead atoms. The third kappa shape index (κ3) is 25.1. The molecule has 0 amide bonds. The molecule has 5 heavy (non-hydrogen) atoms. The molecule has 28 valence electrons. The summed E-state index contributed by atoms with van der Waals surface area (Å²) in [7, 11) is 0. The van der Waals surface area contributed by atoms with E-state index in [9.17, 15) is 0 Å². The molecule has 0 saturated carbocycles. The van der Waals surface area contributed by atoms with Crippen LogP contribution in [0.3, 0.4) is 0 Å². The van der Waals surface area contributed by atoms with Crippen LogP contribution in [0.5, 0.6) is 0 Å². The molecule has 0 aliphatic carbocycles. The van der Waals surface area contributed by atoms with Crippen LogP contribution in [0.4, 0.5) is 0 Å². The summed E-state index contributed by atoms with van der Waals surface area (Å²) in [5.41, 5.74) is 0. The third-order valence-corrected chi connectivity index (χ3v) is 0. The fourth-order valence-electron chi connectivity index (χ4n) is 0. The van der Waals surface area contributed by atoms with Crippen LogP contribution in [0.2, 0.25) is 0 Å². The van der Waals surface area contributed by atoms with Crippen molar-refractivity contribution in [2.75, 3.05) is 0 Å². The standard InChI is InChI=1S/CHCl3.Na.H/c2-1(3)4;;/h1H;;/q;+1;-1. The Hall–Kier alpha value is 1.87. The van der Waals surface area contributed by atoms with Gasteiger partial charge < -0.3 is 1.43 Å². The Morgan fingerprint density at radius 2 is 1.20 bits per heavy atom.